The minimum Gasteiger partial charge on any atom is -0.478 e. The van der Waals surface area contributed by atoms with Crippen LogP contribution < -0.4 is 4.74 Å². The Morgan fingerprint density at radius 1 is 1.20 bits per heavy atom. The van der Waals surface area contributed by atoms with E-state index in [-0.39, 0.29) is 0 Å². The van der Waals surface area contributed by atoms with Gasteiger partial charge in [-0.1, -0.05) is 55.8 Å². The first kappa shape index (κ1) is 17.3. The van der Waals surface area contributed by atoms with Gasteiger partial charge in [-0.15, -0.1) is 0 Å². The van der Waals surface area contributed by atoms with Gasteiger partial charge in [-0.3, -0.25) is 0 Å². The molecule has 2 aromatic carbocycles. The van der Waals surface area contributed by atoms with E-state index >= 15 is 0 Å². The fraction of sp³-hybridized carbons (Fsp3) is 0.318. The highest BCUT2D eigenvalue weighted by Gasteiger charge is 2.34. The quantitative estimate of drug-likeness (QED) is 0.799. The van der Waals surface area contributed by atoms with Gasteiger partial charge < -0.3 is 9.84 Å². The molecule has 130 valence electrons. The average molecular weight is 336 g/mol. The van der Waals surface area contributed by atoms with Crippen molar-refractivity contribution in [2.24, 2.45) is 0 Å². The second-order valence-electron chi connectivity index (χ2n) is 6.73. The van der Waals surface area contributed by atoms with Crippen molar-refractivity contribution in [3.8, 4) is 5.75 Å². The third-order valence-electron chi connectivity index (χ3n) is 4.74. The Bertz CT molecular complexity index is 792. The van der Waals surface area contributed by atoms with Crippen molar-refractivity contribution in [1.29, 1.82) is 0 Å². The number of carbonyl (C=O) groups is 1. The molecular weight excluding hydrogens is 312 g/mol. The maximum Gasteiger partial charge on any atom is 0.347 e. The van der Waals surface area contributed by atoms with Crippen LogP contribution in [0.3, 0.4) is 0 Å². The number of hydrogen-bond acceptors (Lipinski definition) is 2. The third-order valence-corrected chi connectivity index (χ3v) is 4.74. The summed E-state index contributed by atoms with van der Waals surface area (Å²) in [5.41, 5.74) is 3.68. The van der Waals surface area contributed by atoms with Gasteiger partial charge in [-0.05, 0) is 60.6 Å². The van der Waals surface area contributed by atoms with E-state index in [4.69, 9.17) is 4.74 Å². The van der Waals surface area contributed by atoms with Crippen molar-refractivity contribution in [3.63, 3.8) is 0 Å². The molecular formula is C22H24O3. The third kappa shape index (κ3) is 3.60. The maximum atomic E-state index is 11.6. The van der Waals surface area contributed by atoms with E-state index in [2.05, 4.69) is 24.3 Å². The number of benzene rings is 2. The van der Waals surface area contributed by atoms with E-state index < -0.39 is 11.6 Å². The average Bonchev–Trinajstić information content (AvgIpc) is 2.62. The van der Waals surface area contributed by atoms with E-state index in [1.165, 1.54) is 22.3 Å². The first-order chi connectivity index (χ1) is 12.0. The lowest BCUT2D eigenvalue weighted by molar-refractivity contribution is -0.154. The molecule has 0 spiro atoms. The lowest BCUT2D eigenvalue weighted by Gasteiger charge is -2.27. The van der Waals surface area contributed by atoms with Gasteiger partial charge in [0.15, 0.2) is 0 Å². The Kier molecular flexibility index (Phi) is 4.93. The zero-order valence-electron chi connectivity index (χ0n) is 14.8. The minimum atomic E-state index is -1.18. The Hall–Kier alpha value is -2.55. The molecule has 25 heavy (non-hydrogen) atoms. The number of fused-ring (bicyclic) bond motifs is 1. The topological polar surface area (TPSA) is 46.5 Å². The van der Waals surface area contributed by atoms with Gasteiger partial charge >= 0.3 is 5.97 Å². The molecule has 0 bridgehead atoms. The molecule has 1 atom stereocenters. The molecule has 0 saturated heterocycles. The molecule has 3 nitrogen and oxygen atoms in total. The summed E-state index contributed by atoms with van der Waals surface area (Å²) in [5.74, 6) is -0.289. The highest BCUT2D eigenvalue weighted by Crippen LogP contribution is 2.34. The summed E-state index contributed by atoms with van der Waals surface area (Å²) >= 11 is 0. The Morgan fingerprint density at radius 3 is 2.64 bits per heavy atom. The van der Waals surface area contributed by atoms with Crippen molar-refractivity contribution >= 4 is 11.5 Å². The largest absolute Gasteiger partial charge is 0.478 e. The summed E-state index contributed by atoms with van der Waals surface area (Å²) in [6, 6.07) is 16.3. The molecule has 0 amide bonds. The Balaban J connectivity index is 1.91. The predicted octanol–water partition coefficient (Wildman–Crippen LogP) is 5.09. The monoisotopic (exact) mass is 336 g/mol. The lowest BCUT2D eigenvalue weighted by Crippen LogP contribution is -2.41. The van der Waals surface area contributed by atoms with E-state index in [0.29, 0.717) is 12.2 Å². The van der Waals surface area contributed by atoms with Crippen LogP contribution in [0, 0.1) is 0 Å². The van der Waals surface area contributed by atoms with Gasteiger partial charge in [-0.25, -0.2) is 4.79 Å². The SMILES string of the molecule is CCCC(C)(Oc1ccc2c(c1)CCC=C2c1ccccc1)C(=O)O. The summed E-state index contributed by atoms with van der Waals surface area (Å²) in [7, 11) is 0. The van der Waals surface area contributed by atoms with Crippen LogP contribution in [-0.2, 0) is 11.2 Å². The minimum absolute atomic E-state index is 0.481. The molecule has 0 fully saturated rings. The molecule has 0 heterocycles. The number of rotatable bonds is 6. The molecule has 1 aliphatic carbocycles. The molecule has 3 rings (SSSR count). The summed E-state index contributed by atoms with van der Waals surface area (Å²) < 4.78 is 5.89. The smallest absolute Gasteiger partial charge is 0.347 e. The zero-order chi connectivity index (χ0) is 17.9. The van der Waals surface area contributed by atoms with Gasteiger partial charge in [0.2, 0.25) is 5.60 Å². The molecule has 3 heteroatoms. The number of allylic oxidation sites excluding steroid dienone is 1. The lowest BCUT2D eigenvalue weighted by atomic mass is 9.87. The molecule has 2 aromatic rings. The summed E-state index contributed by atoms with van der Waals surface area (Å²) in [4.78, 5) is 11.6. The van der Waals surface area contributed by atoms with Gasteiger partial charge in [0.25, 0.3) is 0 Å². The van der Waals surface area contributed by atoms with E-state index in [1.807, 2.05) is 37.3 Å². The van der Waals surface area contributed by atoms with E-state index in [0.717, 1.165) is 19.3 Å². The van der Waals surface area contributed by atoms with Crippen LogP contribution >= 0.6 is 0 Å². The summed E-state index contributed by atoms with van der Waals surface area (Å²) in [6.07, 6.45) is 5.44. The fourth-order valence-corrected chi connectivity index (χ4v) is 3.41. The molecule has 0 radical (unpaired) electrons. The normalized spacial score (nSPS) is 15.7. The van der Waals surface area contributed by atoms with Crippen LogP contribution in [0.4, 0.5) is 0 Å². The number of aryl methyl sites for hydroxylation is 1. The van der Waals surface area contributed by atoms with Gasteiger partial charge in [0.1, 0.15) is 5.75 Å². The summed E-state index contributed by atoms with van der Waals surface area (Å²) in [6.45, 7) is 3.61. The van der Waals surface area contributed by atoms with Crippen molar-refractivity contribution in [2.75, 3.05) is 0 Å². The van der Waals surface area contributed by atoms with Crippen LogP contribution in [0.2, 0.25) is 0 Å². The van der Waals surface area contributed by atoms with Crippen molar-refractivity contribution < 1.29 is 14.6 Å². The van der Waals surface area contributed by atoms with Crippen LogP contribution in [0.15, 0.2) is 54.6 Å². The van der Waals surface area contributed by atoms with E-state index in [1.54, 1.807) is 6.92 Å². The maximum absolute atomic E-state index is 11.6. The number of aliphatic carboxylic acids is 1. The van der Waals surface area contributed by atoms with Crippen molar-refractivity contribution in [3.05, 3.63) is 71.3 Å². The highest BCUT2D eigenvalue weighted by molar-refractivity contribution is 5.83. The molecule has 0 saturated carbocycles. The second kappa shape index (κ2) is 7.14. The fourth-order valence-electron chi connectivity index (χ4n) is 3.41. The van der Waals surface area contributed by atoms with Crippen LogP contribution in [0.25, 0.3) is 5.57 Å². The zero-order valence-corrected chi connectivity index (χ0v) is 14.8. The standard InChI is InChI=1S/C22H24O3/c1-3-14-22(2,21(23)24)25-18-12-13-20-17(15-18)10-7-11-19(20)16-8-5-4-6-9-16/h4-6,8-9,11-13,15H,3,7,10,14H2,1-2H3,(H,23,24). The highest BCUT2D eigenvalue weighted by atomic mass is 16.5. The summed E-state index contributed by atoms with van der Waals surface area (Å²) in [5, 5.41) is 9.52. The number of hydrogen-bond donors (Lipinski definition) is 1. The van der Waals surface area contributed by atoms with Gasteiger partial charge in [-0.2, -0.15) is 0 Å². The number of ether oxygens (including phenoxy) is 1. The van der Waals surface area contributed by atoms with Crippen molar-refractivity contribution in [2.45, 2.75) is 45.1 Å². The molecule has 1 aliphatic rings. The van der Waals surface area contributed by atoms with Gasteiger partial charge in [0, 0.05) is 0 Å². The van der Waals surface area contributed by atoms with Crippen LogP contribution in [-0.4, -0.2) is 16.7 Å². The molecule has 1 N–H and O–H groups in total. The van der Waals surface area contributed by atoms with Crippen LogP contribution in [0.1, 0.15) is 49.8 Å². The number of carboxylic acid groups (broad SMARTS) is 1. The van der Waals surface area contributed by atoms with Gasteiger partial charge in [0.05, 0.1) is 0 Å². The molecule has 0 aromatic heterocycles. The Labute approximate surface area is 149 Å². The van der Waals surface area contributed by atoms with Crippen LogP contribution in [0.5, 0.6) is 5.75 Å². The van der Waals surface area contributed by atoms with E-state index in [9.17, 15) is 9.90 Å². The Morgan fingerprint density at radius 2 is 1.96 bits per heavy atom. The van der Waals surface area contributed by atoms with Crippen molar-refractivity contribution in [1.82, 2.24) is 0 Å². The molecule has 1 unspecified atom stereocenters. The first-order valence-electron chi connectivity index (χ1n) is 8.85. The second-order valence-corrected chi connectivity index (χ2v) is 6.73. The first-order valence-corrected chi connectivity index (χ1v) is 8.85. The number of carboxylic acids is 1. The molecule has 0 aliphatic heterocycles. The predicted molar refractivity (Wildman–Crippen MR) is 99.9 cm³/mol.